The van der Waals surface area contributed by atoms with Gasteiger partial charge in [-0.25, -0.2) is 9.78 Å². The van der Waals surface area contributed by atoms with Crippen molar-refractivity contribution in [3.05, 3.63) is 69.2 Å². The van der Waals surface area contributed by atoms with Crippen molar-refractivity contribution >= 4 is 17.3 Å². The maximum atomic E-state index is 12.8. The van der Waals surface area contributed by atoms with Crippen molar-refractivity contribution in [3.63, 3.8) is 0 Å². The first kappa shape index (κ1) is 25.7. The van der Waals surface area contributed by atoms with Gasteiger partial charge in [0.05, 0.1) is 17.4 Å². The molecule has 0 bridgehead atoms. The third-order valence-corrected chi connectivity index (χ3v) is 6.91. The van der Waals surface area contributed by atoms with Crippen LogP contribution in [0.1, 0.15) is 52.3 Å². The van der Waals surface area contributed by atoms with E-state index in [1.807, 2.05) is 20.8 Å². The van der Waals surface area contributed by atoms with Crippen LogP contribution in [0.15, 0.2) is 36.4 Å². The molecule has 1 unspecified atom stereocenters. The Hall–Kier alpha value is -2.91. The highest BCUT2D eigenvalue weighted by atomic mass is 32.1. The van der Waals surface area contributed by atoms with E-state index in [-0.39, 0.29) is 0 Å². The molecule has 0 aliphatic heterocycles. The fraction of sp³-hybridized carbons (Fsp3) is 0.360. The van der Waals surface area contributed by atoms with Crippen molar-refractivity contribution in [3.8, 4) is 16.3 Å². The smallest absolute Gasteiger partial charge is 0.416 e. The van der Waals surface area contributed by atoms with E-state index in [1.165, 1.54) is 23.5 Å². The molecule has 3 rings (SSSR count). The molecule has 0 saturated heterocycles. The van der Waals surface area contributed by atoms with Crippen molar-refractivity contribution in [1.82, 2.24) is 4.98 Å². The molecule has 0 saturated carbocycles. The van der Waals surface area contributed by atoms with Crippen LogP contribution in [-0.2, 0) is 23.8 Å². The summed E-state index contributed by atoms with van der Waals surface area (Å²) in [5, 5.41) is 20.4. The maximum absolute atomic E-state index is 12.8. The number of aliphatic hydroxyl groups is 1. The number of nitrogens with zero attached hydrogens (tertiary/aromatic N) is 1. The molecular formula is C25H26F3NO4S. The molecular weight excluding hydrogens is 467 g/mol. The van der Waals surface area contributed by atoms with Gasteiger partial charge in [-0.3, -0.25) is 0 Å². The van der Waals surface area contributed by atoms with Crippen molar-refractivity contribution in [2.45, 2.75) is 52.3 Å². The molecule has 9 heteroatoms. The summed E-state index contributed by atoms with van der Waals surface area (Å²) in [6.07, 6.45) is -3.46. The Morgan fingerprint density at radius 1 is 1.15 bits per heavy atom. The molecule has 34 heavy (non-hydrogen) atoms. The lowest BCUT2D eigenvalue weighted by Crippen LogP contribution is -2.12. The Bertz CT molecular complexity index is 1160. The zero-order chi connectivity index (χ0) is 25.0. The van der Waals surface area contributed by atoms with Crippen molar-refractivity contribution in [2.75, 3.05) is 6.61 Å². The number of ether oxygens (including phenoxy) is 1. The molecule has 2 aromatic carbocycles. The molecule has 182 valence electrons. The minimum Gasteiger partial charge on any atom is -0.482 e. The number of rotatable bonds is 9. The monoisotopic (exact) mass is 493 g/mol. The van der Waals surface area contributed by atoms with E-state index >= 15 is 0 Å². The van der Waals surface area contributed by atoms with Crippen molar-refractivity contribution < 1.29 is 32.9 Å². The Balaban J connectivity index is 1.73. The summed E-state index contributed by atoms with van der Waals surface area (Å²) in [7, 11) is 0. The van der Waals surface area contributed by atoms with Crippen LogP contribution in [0, 0.1) is 13.8 Å². The third kappa shape index (κ3) is 5.95. The predicted molar refractivity (Wildman–Crippen MR) is 124 cm³/mol. The number of carboxylic acid groups (broad SMARTS) is 1. The first-order valence-corrected chi connectivity index (χ1v) is 11.6. The zero-order valence-corrected chi connectivity index (χ0v) is 19.9. The molecule has 0 aliphatic carbocycles. The minimum absolute atomic E-state index is 0.433. The summed E-state index contributed by atoms with van der Waals surface area (Å²) in [5.74, 6) is -0.577. The Kier molecular flexibility index (Phi) is 7.99. The third-order valence-electron chi connectivity index (χ3n) is 5.65. The average Bonchev–Trinajstić information content (AvgIpc) is 3.16. The number of thiazole rings is 1. The molecule has 0 aliphatic rings. The van der Waals surface area contributed by atoms with Crippen LogP contribution < -0.4 is 4.74 Å². The number of alkyl halides is 3. The molecule has 1 atom stereocenters. The number of halogens is 3. The molecule has 1 heterocycles. The lowest BCUT2D eigenvalue weighted by atomic mass is 9.93. The van der Waals surface area contributed by atoms with Crippen LogP contribution in [-0.4, -0.2) is 27.8 Å². The maximum Gasteiger partial charge on any atom is 0.416 e. The average molecular weight is 494 g/mol. The zero-order valence-electron chi connectivity index (χ0n) is 19.1. The lowest BCUT2D eigenvalue weighted by Gasteiger charge is -2.19. The summed E-state index contributed by atoms with van der Waals surface area (Å²) in [6, 6.07) is 8.38. The minimum atomic E-state index is -4.38. The van der Waals surface area contributed by atoms with E-state index in [9.17, 15) is 23.1 Å². The number of aryl methyl sites for hydroxylation is 2. The van der Waals surface area contributed by atoms with Gasteiger partial charge in [-0.05, 0) is 68.0 Å². The standard InChI is InChI=1S/C25H26F3NO4S/c1-4-18-14(2)21(33-13-23(31)32)11-9-19(18)20(30)10-12-22-15(3)29-24(34-22)16-5-7-17(8-6-16)25(26,27)28/h5-9,11,20,30H,4,10,12-13H2,1-3H3,(H,31,32). The number of benzene rings is 2. The SMILES string of the molecule is CCc1c(C(O)CCc2sc(-c3ccc(C(F)(F)F)cc3)nc2C)ccc(OCC(=O)O)c1C. The van der Waals surface area contributed by atoms with Gasteiger partial charge >= 0.3 is 12.1 Å². The quantitative estimate of drug-likeness (QED) is 0.374. The summed E-state index contributed by atoms with van der Waals surface area (Å²) < 4.78 is 43.8. The highest BCUT2D eigenvalue weighted by molar-refractivity contribution is 7.15. The first-order chi connectivity index (χ1) is 16.0. The van der Waals surface area contributed by atoms with Crippen LogP contribution in [0.25, 0.3) is 10.6 Å². The van der Waals surface area contributed by atoms with E-state index in [0.29, 0.717) is 35.6 Å². The van der Waals surface area contributed by atoms with Crippen LogP contribution in [0.3, 0.4) is 0 Å². The summed E-state index contributed by atoms with van der Waals surface area (Å²) in [6.45, 7) is 5.22. The largest absolute Gasteiger partial charge is 0.482 e. The molecule has 0 radical (unpaired) electrons. The second-order valence-corrected chi connectivity index (χ2v) is 9.03. The number of aliphatic carboxylic acids is 1. The van der Waals surface area contributed by atoms with Crippen LogP contribution in [0.2, 0.25) is 0 Å². The molecule has 0 spiro atoms. The van der Waals surface area contributed by atoms with Gasteiger partial charge in [0, 0.05) is 10.4 Å². The second kappa shape index (κ2) is 10.6. The summed E-state index contributed by atoms with van der Waals surface area (Å²) in [5.41, 5.74) is 3.20. The summed E-state index contributed by atoms with van der Waals surface area (Å²) >= 11 is 1.41. The molecule has 3 aromatic rings. The molecule has 0 amide bonds. The molecule has 2 N–H and O–H groups in total. The Morgan fingerprint density at radius 3 is 2.41 bits per heavy atom. The topological polar surface area (TPSA) is 79.7 Å². The molecule has 0 fully saturated rings. The number of hydrogen-bond donors (Lipinski definition) is 2. The Morgan fingerprint density at radius 2 is 1.82 bits per heavy atom. The fourth-order valence-electron chi connectivity index (χ4n) is 3.84. The first-order valence-electron chi connectivity index (χ1n) is 10.8. The molecule has 1 aromatic heterocycles. The van der Waals surface area contributed by atoms with E-state index in [2.05, 4.69) is 4.98 Å². The second-order valence-electron chi connectivity index (χ2n) is 7.95. The predicted octanol–water partition coefficient (Wildman–Crippen LogP) is 6.14. The van der Waals surface area contributed by atoms with Crippen LogP contribution in [0.5, 0.6) is 5.75 Å². The number of carboxylic acids is 1. The van der Waals surface area contributed by atoms with Crippen LogP contribution >= 0.6 is 11.3 Å². The lowest BCUT2D eigenvalue weighted by molar-refractivity contribution is -0.139. The number of aliphatic hydroxyl groups excluding tert-OH is 1. The van der Waals surface area contributed by atoms with E-state index in [4.69, 9.17) is 9.84 Å². The van der Waals surface area contributed by atoms with Crippen LogP contribution in [0.4, 0.5) is 13.2 Å². The van der Waals surface area contributed by atoms with Gasteiger partial charge in [-0.1, -0.05) is 25.1 Å². The van der Waals surface area contributed by atoms with Gasteiger partial charge in [0.15, 0.2) is 6.61 Å². The van der Waals surface area contributed by atoms with E-state index in [0.717, 1.165) is 39.4 Å². The van der Waals surface area contributed by atoms with Gasteiger partial charge in [0.25, 0.3) is 0 Å². The van der Waals surface area contributed by atoms with E-state index in [1.54, 1.807) is 12.1 Å². The normalized spacial score (nSPS) is 12.6. The van der Waals surface area contributed by atoms with Gasteiger partial charge < -0.3 is 14.9 Å². The Labute approximate surface area is 199 Å². The van der Waals surface area contributed by atoms with Crippen molar-refractivity contribution in [1.29, 1.82) is 0 Å². The van der Waals surface area contributed by atoms with Crippen molar-refractivity contribution in [2.24, 2.45) is 0 Å². The highest BCUT2D eigenvalue weighted by Crippen LogP contribution is 2.35. The molecule has 5 nitrogen and oxygen atoms in total. The highest BCUT2D eigenvalue weighted by Gasteiger charge is 2.30. The summed E-state index contributed by atoms with van der Waals surface area (Å²) in [4.78, 5) is 16.3. The van der Waals surface area contributed by atoms with E-state index < -0.39 is 30.4 Å². The van der Waals surface area contributed by atoms with Gasteiger partial charge in [-0.2, -0.15) is 13.2 Å². The van der Waals surface area contributed by atoms with Gasteiger partial charge in [-0.15, -0.1) is 11.3 Å². The fourth-order valence-corrected chi connectivity index (χ4v) is 4.93. The van der Waals surface area contributed by atoms with Gasteiger partial charge in [0.1, 0.15) is 10.8 Å². The number of carbonyl (C=O) groups is 1. The van der Waals surface area contributed by atoms with Gasteiger partial charge in [0.2, 0.25) is 0 Å². The number of aromatic nitrogens is 1. The number of hydrogen-bond acceptors (Lipinski definition) is 5.